The lowest BCUT2D eigenvalue weighted by Crippen LogP contribution is -2.43. The van der Waals surface area contributed by atoms with Gasteiger partial charge in [0.1, 0.15) is 12.3 Å². The van der Waals surface area contributed by atoms with E-state index >= 15 is 0 Å². The summed E-state index contributed by atoms with van der Waals surface area (Å²) >= 11 is 1.67. The standard InChI is InChI=1S/C30H37N5O3S/c1-37-21-24(36)20-34-15-11-22(12-16-34)33-27-7-4-8-29-26(27)18-23(35(29)17-13-31)6-5-14-32-28-10-9-25(39-3)19-30(28)38-2/h4,7-10,18-19,22,24,32-33,36H,11-12,14-17,20-21H2,1-3H3. The van der Waals surface area contributed by atoms with Crippen LogP contribution >= 0.6 is 11.8 Å². The zero-order valence-corrected chi connectivity index (χ0v) is 23.7. The van der Waals surface area contributed by atoms with Crippen LogP contribution in [0.1, 0.15) is 18.5 Å². The lowest BCUT2D eigenvalue weighted by atomic mass is 10.0. The summed E-state index contributed by atoms with van der Waals surface area (Å²) in [4.78, 5) is 3.43. The number of hydrogen-bond acceptors (Lipinski definition) is 8. The minimum absolute atomic E-state index is 0.233. The van der Waals surface area contributed by atoms with Gasteiger partial charge in [-0.15, -0.1) is 11.8 Å². The largest absolute Gasteiger partial charge is 0.495 e. The number of nitriles is 1. The van der Waals surface area contributed by atoms with Crippen molar-refractivity contribution >= 4 is 34.0 Å². The van der Waals surface area contributed by atoms with Crippen molar-refractivity contribution < 1.29 is 14.6 Å². The highest BCUT2D eigenvalue weighted by Crippen LogP contribution is 2.30. The number of aliphatic hydroxyl groups excluding tert-OH is 1. The molecular formula is C30H37N5O3S. The molecule has 0 spiro atoms. The lowest BCUT2D eigenvalue weighted by molar-refractivity contribution is 0.0327. The quantitative estimate of drug-likeness (QED) is 0.242. The molecule has 2 aromatic carbocycles. The van der Waals surface area contributed by atoms with E-state index in [1.165, 1.54) is 0 Å². The van der Waals surface area contributed by atoms with E-state index in [2.05, 4.69) is 51.6 Å². The average molecular weight is 548 g/mol. The lowest BCUT2D eigenvalue weighted by Gasteiger charge is -2.34. The van der Waals surface area contributed by atoms with Gasteiger partial charge in [-0.05, 0) is 61.4 Å². The Morgan fingerprint density at radius 1 is 1.15 bits per heavy atom. The van der Waals surface area contributed by atoms with Gasteiger partial charge in [0, 0.05) is 48.8 Å². The Morgan fingerprint density at radius 3 is 2.69 bits per heavy atom. The molecule has 1 atom stereocenters. The van der Waals surface area contributed by atoms with Crippen LogP contribution in [0.3, 0.4) is 0 Å². The van der Waals surface area contributed by atoms with Crippen LogP contribution in [0.4, 0.5) is 11.4 Å². The summed E-state index contributed by atoms with van der Waals surface area (Å²) < 4.78 is 12.5. The second kappa shape index (κ2) is 14.2. The molecule has 1 unspecified atom stereocenters. The molecule has 3 N–H and O–H groups in total. The summed E-state index contributed by atoms with van der Waals surface area (Å²) in [5.74, 6) is 7.27. The van der Waals surface area contributed by atoms with Gasteiger partial charge in [0.2, 0.25) is 0 Å². The summed E-state index contributed by atoms with van der Waals surface area (Å²) in [6.07, 6.45) is 3.57. The van der Waals surface area contributed by atoms with Crippen molar-refractivity contribution in [3.63, 3.8) is 0 Å². The molecule has 1 fully saturated rings. The number of benzene rings is 2. The van der Waals surface area contributed by atoms with Crippen LogP contribution in [-0.2, 0) is 11.3 Å². The number of likely N-dealkylation sites (tertiary alicyclic amines) is 1. The van der Waals surface area contributed by atoms with Gasteiger partial charge in [0.25, 0.3) is 0 Å². The monoisotopic (exact) mass is 547 g/mol. The van der Waals surface area contributed by atoms with E-state index in [9.17, 15) is 10.4 Å². The Balaban J connectivity index is 1.45. The number of ether oxygens (including phenoxy) is 2. The topological polar surface area (TPSA) is 94.7 Å². The number of fused-ring (bicyclic) bond motifs is 1. The van der Waals surface area contributed by atoms with E-state index in [0.29, 0.717) is 25.7 Å². The van der Waals surface area contributed by atoms with Crippen LogP contribution in [0.25, 0.3) is 10.9 Å². The van der Waals surface area contributed by atoms with E-state index < -0.39 is 6.10 Å². The molecule has 1 aliphatic rings. The fourth-order valence-electron chi connectivity index (χ4n) is 5.00. The number of aromatic nitrogens is 1. The maximum absolute atomic E-state index is 10.0. The van der Waals surface area contributed by atoms with Gasteiger partial charge < -0.3 is 34.7 Å². The second-order valence-corrected chi connectivity index (χ2v) is 10.4. The number of piperidine rings is 1. The number of nitrogens with one attached hydrogen (secondary N) is 2. The Kier molecular flexibility index (Phi) is 10.4. The number of hydrogen-bond donors (Lipinski definition) is 3. The molecule has 9 heteroatoms. The fourth-order valence-corrected chi connectivity index (χ4v) is 5.43. The number of nitrogens with zero attached hydrogens (tertiary/aromatic N) is 3. The van der Waals surface area contributed by atoms with Gasteiger partial charge >= 0.3 is 0 Å². The number of aliphatic hydroxyl groups is 1. The predicted octanol–water partition coefficient (Wildman–Crippen LogP) is 4.24. The molecule has 1 aliphatic heterocycles. The fraction of sp³-hybridized carbons (Fsp3) is 0.433. The third kappa shape index (κ3) is 7.40. The van der Waals surface area contributed by atoms with Crippen LogP contribution in [-0.4, -0.2) is 80.0 Å². The van der Waals surface area contributed by atoms with Crippen molar-refractivity contribution in [2.24, 2.45) is 0 Å². The van der Waals surface area contributed by atoms with Crippen molar-refractivity contribution in [2.45, 2.75) is 36.4 Å². The molecule has 0 aliphatic carbocycles. The smallest absolute Gasteiger partial charge is 0.143 e. The second-order valence-electron chi connectivity index (χ2n) is 9.56. The molecular weight excluding hydrogens is 510 g/mol. The summed E-state index contributed by atoms with van der Waals surface area (Å²) in [5, 5.41) is 27.7. The van der Waals surface area contributed by atoms with E-state index in [-0.39, 0.29) is 6.54 Å². The van der Waals surface area contributed by atoms with E-state index in [1.807, 2.05) is 35.1 Å². The molecule has 2 heterocycles. The zero-order valence-electron chi connectivity index (χ0n) is 22.9. The minimum Gasteiger partial charge on any atom is -0.495 e. The Labute approximate surface area is 235 Å². The molecule has 1 aromatic heterocycles. The number of methoxy groups -OCH3 is 2. The molecule has 0 bridgehead atoms. The Hall–Kier alpha value is -3.34. The van der Waals surface area contributed by atoms with E-state index in [0.717, 1.165) is 64.5 Å². The van der Waals surface area contributed by atoms with E-state index in [1.54, 1.807) is 26.0 Å². The zero-order chi connectivity index (χ0) is 27.6. The Bertz CT molecular complexity index is 1350. The molecule has 39 heavy (non-hydrogen) atoms. The highest BCUT2D eigenvalue weighted by Gasteiger charge is 2.22. The van der Waals surface area contributed by atoms with Crippen molar-refractivity contribution in [1.82, 2.24) is 9.47 Å². The maximum atomic E-state index is 10.0. The summed E-state index contributed by atoms with van der Waals surface area (Å²) in [6, 6.07) is 16.9. The van der Waals surface area contributed by atoms with Gasteiger partial charge in [-0.2, -0.15) is 5.26 Å². The van der Waals surface area contributed by atoms with Crippen LogP contribution in [0, 0.1) is 23.2 Å². The van der Waals surface area contributed by atoms with Crippen LogP contribution < -0.4 is 15.4 Å². The molecule has 0 radical (unpaired) electrons. The van der Waals surface area contributed by atoms with Crippen molar-refractivity contribution in [3.8, 4) is 23.7 Å². The van der Waals surface area contributed by atoms with Gasteiger partial charge in [-0.3, -0.25) is 0 Å². The van der Waals surface area contributed by atoms with Gasteiger partial charge in [-0.1, -0.05) is 12.0 Å². The first kappa shape index (κ1) is 28.7. The van der Waals surface area contributed by atoms with Gasteiger partial charge in [0.15, 0.2) is 0 Å². The highest BCUT2D eigenvalue weighted by molar-refractivity contribution is 7.98. The molecule has 0 saturated carbocycles. The van der Waals surface area contributed by atoms with E-state index in [4.69, 9.17) is 9.47 Å². The first-order chi connectivity index (χ1) is 19.1. The molecule has 0 amide bonds. The first-order valence-corrected chi connectivity index (χ1v) is 14.4. The van der Waals surface area contributed by atoms with Gasteiger partial charge in [0.05, 0.1) is 49.3 Å². The normalized spacial score (nSPS) is 14.8. The first-order valence-electron chi connectivity index (χ1n) is 13.2. The number of anilines is 2. The predicted molar refractivity (Wildman–Crippen MR) is 159 cm³/mol. The molecule has 3 aromatic rings. The van der Waals surface area contributed by atoms with Crippen molar-refractivity contribution in [2.75, 3.05) is 63.9 Å². The SMILES string of the molecule is COCC(O)CN1CCC(Nc2cccc3c2cc(C#CCNc2ccc(SC)cc2OC)n3CC#N)CC1. The third-order valence-corrected chi connectivity index (χ3v) is 7.67. The summed E-state index contributed by atoms with van der Waals surface area (Å²) in [7, 11) is 3.28. The maximum Gasteiger partial charge on any atom is 0.143 e. The number of thioether (sulfide) groups is 1. The van der Waals surface area contributed by atoms with Crippen molar-refractivity contribution in [3.05, 3.63) is 48.2 Å². The number of rotatable bonds is 11. The molecule has 206 valence electrons. The summed E-state index contributed by atoms with van der Waals surface area (Å²) in [6.45, 7) is 3.54. The van der Waals surface area contributed by atoms with Gasteiger partial charge in [-0.25, -0.2) is 0 Å². The Morgan fingerprint density at radius 2 is 1.97 bits per heavy atom. The van der Waals surface area contributed by atoms with Crippen LogP contribution in [0.5, 0.6) is 5.75 Å². The molecule has 8 nitrogen and oxygen atoms in total. The molecule has 4 rings (SSSR count). The van der Waals surface area contributed by atoms with Crippen molar-refractivity contribution in [1.29, 1.82) is 5.26 Å². The third-order valence-electron chi connectivity index (χ3n) is 6.94. The summed E-state index contributed by atoms with van der Waals surface area (Å²) in [5.41, 5.74) is 3.76. The average Bonchev–Trinajstić information content (AvgIpc) is 3.30. The molecule has 1 saturated heterocycles. The minimum atomic E-state index is -0.453. The van der Waals surface area contributed by atoms with Crippen LogP contribution in [0.2, 0.25) is 0 Å². The number of β-amino-alcohol motifs (C(OH)–C–C–N with tert-alkyl or cyclic N) is 1. The van der Waals surface area contributed by atoms with Crippen LogP contribution in [0.15, 0.2) is 47.4 Å². The highest BCUT2D eigenvalue weighted by atomic mass is 32.2.